The van der Waals surface area contributed by atoms with Gasteiger partial charge in [0.2, 0.25) is 5.91 Å². The van der Waals surface area contributed by atoms with E-state index in [0.29, 0.717) is 6.42 Å². The first kappa shape index (κ1) is 11.9. The van der Waals surface area contributed by atoms with Gasteiger partial charge in [0.05, 0.1) is 18.1 Å². The quantitative estimate of drug-likeness (QED) is 0.721. The van der Waals surface area contributed by atoms with Crippen LogP contribution in [-0.2, 0) is 14.6 Å². The molecule has 1 N–H and O–H groups in total. The molecule has 1 amide bonds. The number of carbonyl (C=O) groups excluding carboxylic acids is 1. The van der Waals surface area contributed by atoms with Gasteiger partial charge in [0.15, 0.2) is 9.84 Å². The second-order valence-electron chi connectivity index (χ2n) is 4.57. The lowest BCUT2D eigenvalue weighted by atomic mass is 10.2. The molecule has 1 unspecified atom stereocenters. The molecule has 0 aromatic rings. The fourth-order valence-corrected chi connectivity index (χ4v) is 3.97. The van der Waals surface area contributed by atoms with Gasteiger partial charge < -0.3 is 10.2 Å². The van der Waals surface area contributed by atoms with Gasteiger partial charge >= 0.3 is 0 Å². The minimum Gasteiger partial charge on any atom is -0.342 e. The van der Waals surface area contributed by atoms with Crippen LogP contribution in [0.25, 0.3) is 0 Å². The molecule has 0 aliphatic carbocycles. The summed E-state index contributed by atoms with van der Waals surface area (Å²) in [6.07, 6.45) is 2.81. The molecule has 0 saturated carbocycles. The lowest BCUT2D eigenvalue weighted by molar-refractivity contribution is -0.129. The molecule has 0 aromatic carbocycles. The third kappa shape index (κ3) is 2.95. The summed E-state index contributed by atoms with van der Waals surface area (Å²) in [6.45, 7) is 1.98. The summed E-state index contributed by atoms with van der Waals surface area (Å²) < 4.78 is 22.4. The van der Waals surface area contributed by atoms with E-state index in [1.165, 1.54) is 0 Å². The van der Waals surface area contributed by atoms with E-state index in [-0.39, 0.29) is 30.0 Å². The van der Waals surface area contributed by atoms with E-state index >= 15 is 0 Å². The summed E-state index contributed by atoms with van der Waals surface area (Å²) in [5, 5.41) is 3.04. The third-order valence-electron chi connectivity index (χ3n) is 3.23. The Labute approximate surface area is 96.1 Å². The topological polar surface area (TPSA) is 66.5 Å². The van der Waals surface area contributed by atoms with Crippen molar-refractivity contribution in [2.75, 3.05) is 31.1 Å². The Morgan fingerprint density at radius 3 is 2.56 bits per heavy atom. The number of rotatable bonds is 3. The van der Waals surface area contributed by atoms with Crippen molar-refractivity contribution in [3.63, 3.8) is 0 Å². The lowest BCUT2D eigenvalue weighted by Crippen LogP contribution is -2.41. The molecule has 0 aromatic heterocycles. The van der Waals surface area contributed by atoms with Crippen molar-refractivity contribution in [2.24, 2.45) is 0 Å². The van der Waals surface area contributed by atoms with E-state index in [4.69, 9.17) is 0 Å². The van der Waals surface area contributed by atoms with Gasteiger partial charge in [0.1, 0.15) is 0 Å². The molecular formula is C10H18N2O3S. The molecule has 0 bridgehead atoms. The maximum absolute atomic E-state index is 11.7. The Morgan fingerprint density at radius 1 is 1.31 bits per heavy atom. The number of carbonyl (C=O) groups is 1. The van der Waals surface area contributed by atoms with Crippen molar-refractivity contribution in [2.45, 2.75) is 25.3 Å². The van der Waals surface area contributed by atoms with Crippen LogP contribution in [-0.4, -0.2) is 56.4 Å². The van der Waals surface area contributed by atoms with E-state index in [0.717, 1.165) is 25.9 Å². The Morgan fingerprint density at radius 2 is 2.00 bits per heavy atom. The standard InChI is InChI=1S/C10H18N2O3S/c13-10(12-4-1-2-5-12)7-11-9-3-6-16(14,15)8-9/h9,11H,1-8H2. The van der Waals surface area contributed by atoms with E-state index in [1.54, 1.807) is 0 Å². The largest absolute Gasteiger partial charge is 0.342 e. The number of hydrogen-bond donors (Lipinski definition) is 1. The van der Waals surface area contributed by atoms with Crippen molar-refractivity contribution in [3.8, 4) is 0 Å². The molecule has 2 rings (SSSR count). The molecule has 6 heteroatoms. The van der Waals surface area contributed by atoms with Crippen molar-refractivity contribution < 1.29 is 13.2 Å². The van der Waals surface area contributed by atoms with Gasteiger partial charge in [-0.25, -0.2) is 8.42 Å². The van der Waals surface area contributed by atoms with E-state index in [2.05, 4.69) is 5.32 Å². The maximum atomic E-state index is 11.7. The first-order valence-corrected chi connectivity index (χ1v) is 7.60. The zero-order chi connectivity index (χ0) is 11.6. The molecule has 16 heavy (non-hydrogen) atoms. The van der Waals surface area contributed by atoms with Crippen LogP contribution in [0.4, 0.5) is 0 Å². The van der Waals surface area contributed by atoms with Crippen LogP contribution in [0.15, 0.2) is 0 Å². The van der Waals surface area contributed by atoms with Crippen molar-refractivity contribution in [1.29, 1.82) is 0 Å². The van der Waals surface area contributed by atoms with Crippen LogP contribution < -0.4 is 5.32 Å². The van der Waals surface area contributed by atoms with Crippen LogP contribution >= 0.6 is 0 Å². The van der Waals surface area contributed by atoms with Crippen molar-refractivity contribution in [3.05, 3.63) is 0 Å². The molecule has 0 radical (unpaired) electrons. The molecule has 2 fully saturated rings. The van der Waals surface area contributed by atoms with Gasteiger partial charge in [-0.3, -0.25) is 4.79 Å². The lowest BCUT2D eigenvalue weighted by Gasteiger charge is -2.17. The minimum absolute atomic E-state index is 0.0310. The number of likely N-dealkylation sites (tertiary alicyclic amines) is 1. The van der Waals surface area contributed by atoms with Gasteiger partial charge in [-0.1, -0.05) is 0 Å². The van der Waals surface area contributed by atoms with E-state index in [1.807, 2.05) is 4.90 Å². The Kier molecular flexibility index (Phi) is 3.49. The van der Waals surface area contributed by atoms with Crippen LogP contribution in [0.1, 0.15) is 19.3 Å². The number of nitrogens with zero attached hydrogens (tertiary/aromatic N) is 1. The van der Waals surface area contributed by atoms with Gasteiger partial charge in [0, 0.05) is 19.1 Å². The molecular weight excluding hydrogens is 228 g/mol. The summed E-state index contributed by atoms with van der Waals surface area (Å²) in [7, 11) is -2.85. The molecule has 0 spiro atoms. The van der Waals surface area contributed by atoms with Crippen LogP contribution in [0.5, 0.6) is 0 Å². The van der Waals surface area contributed by atoms with Crippen LogP contribution in [0, 0.1) is 0 Å². The molecule has 92 valence electrons. The number of nitrogens with one attached hydrogen (secondary N) is 1. The van der Waals surface area contributed by atoms with Gasteiger partial charge in [-0.2, -0.15) is 0 Å². The predicted molar refractivity (Wildman–Crippen MR) is 60.9 cm³/mol. The Bertz CT molecular complexity index is 360. The molecule has 2 aliphatic heterocycles. The number of sulfone groups is 1. The first-order chi connectivity index (χ1) is 7.57. The second kappa shape index (κ2) is 4.71. The number of amides is 1. The maximum Gasteiger partial charge on any atom is 0.236 e. The summed E-state index contributed by atoms with van der Waals surface area (Å²) in [6, 6.07) is -0.0310. The van der Waals surface area contributed by atoms with E-state index in [9.17, 15) is 13.2 Å². The van der Waals surface area contributed by atoms with Gasteiger partial charge in [-0.15, -0.1) is 0 Å². The second-order valence-corrected chi connectivity index (χ2v) is 6.80. The highest BCUT2D eigenvalue weighted by molar-refractivity contribution is 7.91. The average Bonchev–Trinajstić information content (AvgIpc) is 2.83. The average molecular weight is 246 g/mol. The smallest absolute Gasteiger partial charge is 0.236 e. The highest BCUT2D eigenvalue weighted by atomic mass is 32.2. The van der Waals surface area contributed by atoms with Gasteiger partial charge in [0.25, 0.3) is 0 Å². The fourth-order valence-electron chi connectivity index (χ4n) is 2.27. The van der Waals surface area contributed by atoms with Crippen LogP contribution in [0.2, 0.25) is 0 Å². The summed E-state index contributed by atoms with van der Waals surface area (Å²) >= 11 is 0. The number of hydrogen-bond acceptors (Lipinski definition) is 4. The molecule has 2 heterocycles. The first-order valence-electron chi connectivity index (χ1n) is 5.78. The highest BCUT2D eigenvalue weighted by Crippen LogP contribution is 2.11. The summed E-state index contributed by atoms with van der Waals surface area (Å²) in [4.78, 5) is 13.5. The van der Waals surface area contributed by atoms with Crippen LogP contribution in [0.3, 0.4) is 0 Å². The van der Waals surface area contributed by atoms with Crippen molar-refractivity contribution in [1.82, 2.24) is 10.2 Å². The Hall–Kier alpha value is -0.620. The molecule has 1 atom stereocenters. The third-order valence-corrected chi connectivity index (χ3v) is 5.00. The molecule has 2 saturated heterocycles. The fraction of sp³-hybridized carbons (Fsp3) is 0.900. The zero-order valence-corrected chi connectivity index (χ0v) is 10.1. The normalized spacial score (nSPS) is 28.5. The Balaban J connectivity index is 1.73. The van der Waals surface area contributed by atoms with E-state index < -0.39 is 9.84 Å². The van der Waals surface area contributed by atoms with Crippen molar-refractivity contribution >= 4 is 15.7 Å². The summed E-state index contributed by atoms with van der Waals surface area (Å²) in [5.41, 5.74) is 0. The minimum atomic E-state index is -2.85. The zero-order valence-electron chi connectivity index (χ0n) is 9.31. The summed E-state index contributed by atoms with van der Waals surface area (Å²) in [5.74, 6) is 0.532. The predicted octanol–water partition coefficient (Wildman–Crippen LogP) is -0.614. The SMILES string of the molecule is O=C(CNC1CCS(=O)(=O)C1)N1CCCC1. The molecule has 5 nitrogen and oxygen atoms in total. The monoisotopic (exact) mass is 246 g/mol. The molecule has 2 aliphatic rings. The highest BCUT2D eigenvalue weighted by Gasteiger charge is 2.28. The van der Waals surface area contributed by atoms with Gasteiger partial charge in [-0.05, 0) is 19.3 Å².